The first kappa shape index (κ1) is 23.5. The summed E-state index contributed by atoms with van der Waals surface area (Å²) in [6.07, 6.45) is -6.00. The first-order valence-corrected chi connectivity index (χ1v) is 9.49. The molecule has 2 aliphatic heterocycles. The van der Waals surface area contributed by atoms with Crippen LogP contribution in [0.2, 0.25) is 0 Å². The molecule has 2 saturated heterocycles. The number of fused-ring (bicyclic) bond motifs is 1. The highest BCUT2D eigenvalue weighted by molar-refractivity contribution is 6.10. The third kappa shape index (κ3) is 4.12. The van der Waals surface area contributed by atoms with E-state index in [1.165, 1.54) is 12.1 Å². The van der Waals surface area contributed by atoms with E-state index in [0.29, 0.717) is 0 Å². The summed E-state index contributed by atoms with van der Waals surface area (Å²) in [4.78, 5) is 50.7. The summed E-state index contributed by atoms with van der Waals surface area (Å²) >= 11 is 0. The second-order valence-corrected chi connectivity index (χ2v) is 7.52. The summed E-state index contributed by atoms with van der Waals surface area (Å²) in [6.45, 7) is 0.136. The first-order valence-electron chi connectivity index (χ1n) is 9.49. The number of carbonyl (C=O) groups excluding carboxylic acids is 2. The van der Waals surface area contributed by atoms with Gasteiger partial charge in [0, 0.05) is 19.1 Å². The number of hydrogen-bond acceptors (Lipinski definition) is 7. The van der Waals surface area contributed by atoms with Crippen molar-refractivity contribution in [2.45, 2.75) is 24.4 Å². The van der Waals surface area contributed by atoms with Gasteiger partial charge in [-0.15, -0.1) is 13.2 Å². The molecular formula is C19H20F3N3O7. The number of alkyl halides is 3. The molecule has 4 unspecified atom stereocenters. The quantitative estimate of drug-likeness (QED) is 0.405. The molecule has 13 heteroatoms. The maximum atomic E-state index is 13.1. The molecule has 1 aromatic rings. The molecule has 2 fully saturated rings. The van der Waals surface area contributed by atoms with Crippen molar-refractivity contribution in [3.63, 3.8) is 0 Å². The Kier molecular flexibility index (Phi) is 6.15. The third-order valence-corrected chi connectivity index (χ3v) is 5.59. The highest BCUT2D eigenvalue weighted by Gasteiger charge is 2.69. The molecule has 2 heterocycles. The maximum Gasteiger partial charge on any atom is 0.573 e. The van der Waals surface area contributed by atoms with Gasteiger partial charge in [-0.1, -0.05) is 12.1 Å². The van der Waals surface area contributed by atoms with E-state index in [0.717, 1.165) is 17.0 Å². The van der Waals surface area contributed by atoms with Crippen LogP contribution in [0.4, 0.5) is 13.2 Å². The fourth-order valence-corrected chi connectivity index (χ4v) is 4.37. The number of aliphatic carboxylic acids is 2. The molecule has 0 saturated carbocycles. The van der Waals surface area contributed by atoms with E-state index in [1.807, 2.05) is 0 Å². The first-order chi connectivity index (χ1) is 14.9. The lowest BCUT2D eigenvalue weighted by atomic mass is 9.77. The molecule has 10 nitrogen and oxygen atoms in total. The van der Waals surface area contributed by atoms with Crippen LogP contribution < -0.4 is 15.4 Å². The Labute approximate surface area is 179 Å². The molecule has 174 valence electrons. The number of nitrogens with zero attached hydrogens (tertiary/aromatic N) is 1. The lowest BCUT2D eigenvalue weighted by Gasteiger charge is -2.29. The number of likely N-dealkylation sites (tertiary alicyclic amines) is 1. The molecule has 3 rings (SSSR count). The van der Waals surface area contributed by atoms with Crippen LogP contribution in [0.15, 0.2) is 24.3 Å². The Bertz CT molecular complexity index is 954. The van der Waals surface area contributed by atoms with Gasteiger partial charge < -0.3 is 20.3 Å². The molecule has 0 radical (unpaired) electrons. The van der Waals surface area contributed by atoms with E-state index in [1.54, 1.807) is 7.05 Å². The lowest BCUT2D eigenvalue weighted by Crippen LogP contribution is -2.57. The topological polar surface area (TPSA) is 145 Å². The minimum absolute atomic E-state index is 0.0480. The molecule has 32 heavy (non-hydrogen) atoms. The molecule has 2 aliphatic rings. The van der Waals surface area contributed by atoms with Crippen LogP contribution in [0.1, 0.15) is 18.0 Å². The number of halogens is 3. The van der Waals surface area contributed by atoms with Crippen LogP contribution in [-0.4, -0.2) is 70.9 Å². The highest BCUT2D eigenvalue weighted by Crippen LogP contribution is 2.50. The number of carboxylic acids is 2. The normalized spacial score (nSPS) is 27.5. The van der Waals surface area contributed by atoms with Gasteiger partial charge in [0.25, 0.3) is 0 Å². The Morgan fingerprint density at radius 2 is 1.94 bits per heavy atom. The minimum atomic E-state index is -4.98. The van der Waals surface area contributed by atoms with Crippen LogP contribution >= 0.6 is 0 Å². The largest absolute Gasteiger partial charge is 0.573 e. The number of hydrogen-bond donors (Lipinski definition) is 4. The number of benzene rings is 1. The number of nitrogens with one attached hydrogen (secondary N) is 2. The van der Waals surface area contributed by atoms with Gasteiger partial charge in [0.05, 0.1) is 18.3 Å². The number of ether oxygens (including phenoxy) is 1. The van der Waals surface area contributed by atoms with Crippen molar-refractivity contribution in [1.29, 1.82) is 0 Å². The molecule has 1 aromatic carbocycles. The van der Waals surface area contributed by atoms with Crippen LogP contribution in [0, 0.1) is 11.8 Å². The summed E-state index contributed by atoms with van der Waals surface area (Å²) < 4.78 is 41.8. The minimum Gasteiger partial charge on any atom is -0.481 e. The summed E-state index contributed by atoms with van der Waals surface area (Å²) in [5.41, 5.74) is -2.28. The average Bonchev–Trinajstić information content (AvgIpc) is 3.14. The smallest absolute Gasteiger partial charge is 0.481 e. The Morgan fingerprint density at radius 3 is 2.50 bits per heavy atom. The monoisotopic (exact) mass is 459 g/mol. The zero-order valence-electron chi connectivity index (χ0n) is 16.7. The van der Waals surface area contributed by atoms with E-state index in [-0.39, 0.29) is 18.7 Å². The maximum absolute atomic E-state index is 13.1. The van der Waals surface area contributed by atoms with Crippen molar-refractivity contribution >= 4 is 23.8 Å². The number of carboxylic acid groups (broad SMARTS) is 2. The second-order valence-electron chi connectivity index (χ2n) is 7.52. The van der Waals surface area contributed by atoms with Gasteiger partial charge in [-0.3, -0.25) is 29.4 Å². The van der Waals surface area contributed by atoms with Crippen molar-refractivity contribution < 1.29 is 47.3 Å². The van der Waals surface area contributed by atoms with Crippen LogP contribution in [-0.2, 0) is 19.2 Å². The SMILES string of the molecule is CNCCN1C(=O)C2C(c3cccc(OC(F)(F)F)c3)NC(CC(=O)O)(C(=O)O)C2C1=O. The number of likely N-dealkylation sites (N-methyl/N-ethyl adjacent to an activating group) is 1. The predicted octanol–water partition coefficient (Wildman–Crippen LogP) is 0.348. The summed E-state index contributed by atoms with van der Waals surface area (Å²) in [6, 6.07) is 3.31. The Morgan fingerprint density at radius 1 is 1.25 bits per heavy atom. The van der Waals surface area contributed by atoms with E-state index in [2.05, 4.69) is 15.4 Å². The molecule has 4 N–H and O–H groups in total. The van der Waals surface area contributed by atoms with Crippen molar-refractivity contribution in [3.8, 4) is 5.75 Å². The van der Waals surface area contributed by atoms with Crippen molar-refractivity contribution in [2.75, 3.05) is 20.1 Å². The van der Waals surface area contributed by atoms with E-state index >= 15 is 0 Å². The molecule has 4 atom stereocenters. The summed E-state index contributed by atoms with van der Waals surface area (Å²) in [7, 11) is 1.58. The standard InChI is InChI=1S/C19H20F3N3O7/c1-23-5-6-25-15(28)12-13(16(25)29)18(17(30)31,8-11(26)27)24-14(12)9-3-2-4-10(7-9)32-19(20,21)22/h2-4,7,12-14,23-24H,5-6,8H2,1H3,(H,26,27)(H,30,31). The molecule has 2 amide bonds. The number of rotatable bonds is 8. The van der Waals surface area contributed by atoms with Gasteiger partial charge in [-0.25, -0.2) is 0 Å². The third-order valence-electron chi connectivity index (χ3n) is 5.59. The van der Waals surface area contributed by atoms with Gasteiger partial charge in [0.15, 0.2) is 0 Å². The van der Waals surface area contributed by atoms with Gasteiger partial charge in [-0.2, -0.15) is 0 Å². The van der Waals surface area contributed by atoms with Gasteiger partial charge in [0.2, 0.25) is 11.8 Å². The number of carbonyl (C=O) groups is 4. The molecule has 0 spiro atoms. The zero-order valence-corrected chi connectivity index (χ0v) is 16.7. The number of amides is 2. The van der Waals surface area contributed by atoms with E-state index in [9.17, 15) is 42.6 Å². The lowest BCUT2D eigenvalue weighted by molar-refractivity contribution is -0.274. The Balaban J connectivity index is 2.09. The van der Waals surface area contributed by atoms with E-state index < -0.39 is 65.7 Å². The number of imide groups is 1. The molecule has 0 bridgehead atoms. The van der Waals surface area contributed by atoms with Crippen LogP contribution in [0.25, 0.3) is 0 Å². The van der Waals surface area contributed by atoms with Crippen molar-refractivity contribution in [3.05, 3.63) is 29.8 Å². The predicted molar refractivity (Wildman–Crippen MR) is 99.2 cm³/mol. The van der Waals surface area contributed by atoms with Crippen LogP contribution in [0.3, 0.4) is 0 Å². The van der Waals surface area contributed by atoms with Crippen LogP contribution in [0.5, 0.6) is 5.75 Å². The molecular weight excluding hydrogens is 439 g/mol. The molecule has 0 aliphatic carbocycles. The van der Waals surface area contributed by atoms with Crippen molar-refractivity contribution in [1.82, 2.24) is 15.5 Å². The average molecular weight is 459 g/mol. The fourth-order valence-electron chi connectivity index (χ4n) is 4.37. The van der Waals surface area contributed by atoms with Gasteiger partial charge in [-0.05, 0) is 24.7 Å². The summed E-state index contributed by atoms with van der Waals surface area (Å²) in [5.74, 6) is -8.25. The van der Waals surface area contributed by atoms with E-state index in [4.69, 9.17) is 0 Å². The molecule has 0 aromatic heterocycles. The van der Waals surface area contributed by atoms with Gasteiger partial charge >= 0.3 is 18.3 Å². The fraction of sp³-hybridized carbons (Fsp3) is 0.474. The second kappa shape index (κ2) is 8.39. The zero-order chi connectivity index (χ0) is 23.8. The van der Waals surface area contributed by atoms with Crippen molar-refractivity contribution in [2.24, 2.45) is 11.8 Å². The van der Waals surface area contributed by atoms with Gasteiger partial charge in [0.1, 0.15) is 11.3 Å². The summed E-state index contributed by atoms with van der Waals surface area (Å²) in [5, 5.41) is 24.6. The Hall–Kier alpha value is -3.19. The highest BCUT2D eigenvalue weighted by atomic mass is 19.4.